The SMILES string of the molecule is COc1ccc(C2SCC(=O)N2c2nc(Nc3cc4ccc(=O)oc4cc3C)cs2)cc1. The fraction of sp³-hybridized carbons (Fsp3) is 0.174. The number of aromatic nitrogens is 1. The average molecular weight is 466 g/mol. The molecule has 162 valence electrons. The minimum absolute atomic E-state index is 0.0358. The summed E-state index contributed by atoms with van der Waals surface area (Å²) in [7, 11) is 1.63. The second kappa shape index (κ2) is 8.33. The van der Waals surface area contributed by atoms with Crippen LogP contribution < -0.4 is 20.6 Å². The van der Waals surface area contributed by atoms with Crippen molar-refractivity contribution < 1.29 is 13.9 Å². The lowest BCUT2D eigenvalue weighted by molar-refractivity contribution is -0.115. The van der Waals surface area contributed by atoms with Crippen molar-refractivity contribution in [2.24, 2.45) is 0 Å². The molecule has 2 aromatic carbocycles. The molecule has 1 fully saturated rings. The second-order valence-corrected chi connectivity index (χ2v) is 9.21. The van der Waals surface area contributed by atoms with E-state index in [1.54, 1.807) is 29.8 Å². The lowest BCUT2D eigenvalue weighted by atomic mass is 10.1. The molecule has 3 heterocycles. The highest BCUT2D eigenvalue weighted by atomic mass is 32.2. The smallest absolute Gasteiger partial charge is 0.336 e. The molecule has 0 saturated carbocycles. The van der Waals surface area contributed by atoms with E-state index in [2.05, 4.69) is 10.3 Å². The largest absolute Gasteiger partial charge is 0.497 e. The van der Waals surface area contributed by atoms with Gasteiger partial charge in [0.05, 0.1) is 12.9 Å². The van der Waals surface area contributed by atoms with Gasteiger partial charge in [-0.3, -0.25) is 9.69 Å². The molecule has 32 heavy (non-hydrogen) atoms. The number of methoxy groups -OCH3 is 1. The highest BCUT2D eigenvalue weighted by molar-refractivity contribution is 8.00. The fourth-order valence-corrected chi connectivity index (χ4v) is 5.59. The highest BCUT2D eigenvalue weighted by Crippen LogP contribution is 2.43. The number of nitrogens with one attached hydrogen (secondary N) is 1. The number of carbonyl (C=O) groups excluding carboxylic acids is 1. The van der Waals surface area contributed by atoms with E-state index in [1.165, 1.54) is 17.4 Å². The van der Waals surface area contributed by atoms with Gasteiger partial charge in [0, 0.05) is 22.5 Å². The van der Waals surface area contributed by atoms with Crippen LogP contribution in [0.25, 0.3) is 11.0 Å². The van der Waals surface area contributed by atoms with E-state index in [0.29, 0.717) is 22.3 Å². The molecular weight excluding hydrogens is 446 g/mol. The van der Waals surface area contributed by atoms with E-state index in [0.717, 1.165) is 28.0 Å². The minimum atomic E-state index is -0.374. The van der Waals surface area contributed by atoms with E-state index in [-0.39, 0.29) is 16.9 Å². The summed E-state index contributed by atoms with van der Waals surface area (Å²) in [5.74, 6) is 1.88. The van der Waals surface area contributed by atoms with Crippen molar-refractivity contribution >= 4 is 56.6 Å². The second-order valence-electron chi connectivity index (χ2n) is 7.30. The molecule has 1 N–H and O–H groups in total. The maximum atomic E-state index is 12.7. The highest BCUT2D eigenvalue weighted by Gasteiger charge is 2.35. The Labute approximate surface area is 192 Å². The first kappa shape index (κ1) is 20.6. The van der Waals surface area contributed by atoms with E-state index in [4.69, 9.17) is 9.15 Å². The topological polar surface area (TPSA) is 84.7 Å². The molecule has 5 rings (SSSR count). The Bertz CT molecular complexity index is 1360. The molecule has 0 spiro atoms. The van der Waals surface area contributed by atoms with Crippen LogP contribution in [0.5, 0.6) is 5.75 Å². The Balaban J connectivity index is 1.41. The maximum absolute atomic E-state index is 12.7. The zero-order valence-corrected chi connectivity index (χ0v) is 19.0. The van der Waals surface area contributed by atoms with E-state index >= 15 is 0 Å². The fourth-order valence-electron chi connectivity index (χ4n) is 3.57. The molecule has 0 bridgehead atoms. The van der Waals surface area contributed by atoms with Crippen LogP contribution in [0.15, 0.2) is 63.1 Å². The molecule has 1 saturated heterocycles. The zero-order chi connectivity index (χ0) is 22.2. The standard InChI is InChI=1S/C23H19N3O4S2/c1-13-9-18-15(5-8-21(28)30-18)10-17(13)24-19-11-32-23(25-19)26-20(27)12-31-22(26)14-3-6-16(29-2)7-4-14/h3-11,22,24H,12H2,1-2H3. The predicted molar refractivity (Wildman–Crippen MR) is 128 cm³/mol. The van der Waals surface area contributed by atoms with Gasteiger partial charge in [-0.2, -0.15) is 0 Å². The van der Waals surface area contributed by atoms with Crippen LogP contribution in [0.3, 0.4) is 0 Å². The summed E-state index contributed by atoms with van der Waals surface area (Å²) in [6, 6.07) is 14.6. The van der Waals surface area contributed by atoms with Crippen molar-refractivity contribution in [1.82, 2.24) is 4.98 Å². The van der Waals surface area contributed by atoms with Gasteiger partial charge in [0.15, 0.2) is 5.13 Å². The molecule has 7 nitrogen and oxygen atoms in total. The third-order valence-electron chi connectivity index (χ3n) is 5.20. The van der Waals surface area contributed by atoms with Crippen molar-refractivity contribution in [3.8, 4) is 5.75 Å². The van der Waals surface area contributed by atoms with Gasteiger partial charge in [-0.1, -0.05) is 12.1 Å². The van der Waals surface area contributed by atoms with Crippen molar-refractivity contribution in [3.63, 3.8) is 0 Å². The van der Waals surface area contributed by atoms with Gasteiger partial charge in [0.2, 0.25) is 5.91 Å². The number of aryl methyl sites for hydroxylation is 1. The van der Waals surface area contributed by atoms with Crippen molar-refractivity contribution in [1.29, 1.82) is 0 Å². The Hall–Kier alpha value is -3.30. The lowest BCUT2D eigenvalue weighted by Crippen LogP contribution is -2.27. The quantitative estimate of drug-likeness (QED) is 0.411. The number of rotatable bonds is 5. The van der Waals surface area contributed by atoms with Gasteiger partial charge in [-0.15, -0.1) is 23.1 Å². The van der Waals surface area contributed by atoms with Crippen LogP contribution in [-0.4, -0.2) is 23.8 Å². The van der Waals surface area contributed by atoms with E-state index < -0.39 is 0 Å². The number of fused-ring (bicyclic) bond motifs is 1. The molecule has 1 unspecified atom stereocenters. The Morgan fingerprint density at radius 2 is 1.97 bits per heavy atom. The molecule has 1 aliphatic heterocycles. The molecule has 2 aromatic heterocycles. The summed E-state index contributed by atoms with van der Waals surface area (Å²) in [4.78, 5) is 30.6. The number of benzene rings is 2. The number of thioether (sulfide) groups is 1. The van der Waals surface area contributed by atoms with Crippen LogP contribution in [0.2, 0.25) is 0 Å². The number of hydrogen-bond donors (Lipinski definition) is 1. The summed E-state index contributed by atoms with van der Waals surface area (Å²) in [6.07, 6.45) is 0. The predicted octanol–water partition coefficient (Wildman–Crippen LogP) is 5.09. The number of anilines is 3. The minimum Gasteiger partial charge on any atom is -0.497 e. The zero-order valence-electron chi connectivity index (χ0n) is 17.3. The Morgan fingerprint density at radius 3 is 2.75 bits per heavy atom. The molecule has 9 heteroatoms. The first-order valence-electron chi connectivity index (χ1n) is 9.86. The molecule has 1 aliphatic rings. The van der Waals surface area contributed by atoms with Crippen LogP contribution in [0.4, 0.5) is 16.6 Å². The molecule has 4 aromatic rings. The first-order chi connectivity index (χ1) is 15.5. The summed E-state index contributed by atoms with van der Waals surface area (Å²) in [5, 5.41) is 6.56. The molecule has 0 radical (unpaired) electrons. The van der Waals surface area contributed by atoms with Gasteiger partial charge in [-0.05, 0) is 48.4 Å². The number of ether oxygens (including phenoxy) is 1. The number of amides is 1. The van der Waals surface area contributed by atoms with Crippen molar-refractivity contribution in [2.75, 3.05) is 23.1 Å². The summed E-state index contributed by atoms with van der Waals surface area (Å²) in [6.45, 7) is 1.93. The van der Waals surface area contributed by atoms with E-state index in [9.17, 15) is 9.59 Å². The third kappa shape index (κ3) is 3.85. The van der Waals surface area contributed by atoms with E-state index in [1.807, 2.05) is 48.7 Å². The maximum Gasteiger partial charge on any atom is 0.336 e. The lowest BCUT2D eigenvalue weighted by Gasteiger charge is -2.21. The van der Waals surface area contributed by atoms with Crippen molar-refractivity contribution in [2.45, 2.75) is 12.3 Å². The first-order valence-corrected chi connectivity index (χ1v) is 11.8. The molecule has 1 atom stereocenters. The van der Waals surface area contributed by atoms with Gasteiger partial charge in [-0.25, -0.2) is 9.78 Å². The molecule has 0 aliphatic carbocycles. The molecular formula is C23H19N3O4S2. The monoisotopic (exact) mass is 465 g/mol. The molecule has 1 amide bonds. The van der Waals surface area contributed by atoms with Gasteiger partial charge >= 0.3 is 5.63 Å². The Morgan fingerprint density at radius 1 is 1.16 bits per heavy atom. The van der Waals surface area contributed by atoms with Gasteiger partial charge in [0.1, 0.15) is 22.5 Å². The van der Waals surface area contributed by atoms with Crippen LogP contribution >= 0.6 is 23.1 Å². The van der Waals surface area contributed by atoms with Gasteiger partial charge < -0.3 is 14.5 Å². The summed E-state index contributed by atoms with van der Waals surface area (Å²) < 4.78 is 10.5. The number of carbonyl (C=O) groups is 1. The number of thiazole rings is 1. The number of nitrogens with zero attached hydrogens (tertiary/aromatic N) is 2. The average Bonchev–Trinajstić information content (AvgIpc) is 3.40. The van der Waals surface area contributed by atoms with Crippen LogP contribution in [0.1, 0.15) is 16.5 Å². The summed E-state index contributed by atoms with van der Waals surface area (Å²) >= 11 is 3.01. The van der Waals surface area contributed by atoms with Crippen LogP contribution in [-0.2, 0) is 4.79 Å². The summed E-state index contributed by atoms with van der Waals surface area (Å²) in [5.41, 5.74) is 2.98. The van der Waals surface area contributed by atoms with Crippen LogP contribution in [0, 0.1) is 6.92 Å². The normalized spacial score (nSPS) is 16.0. The van der Waals surface area contributed by atoms with Gasteiger partial charge in [0.25, 0.3) is 0 Å². The van der Waals surface area contributed by atoms with Crippen molar-refractivity contribution in [3.05, 3.63) is 75.5 Å². The third-order valence-corrected chi connectivity index (χ3v) is 7.25. The number of hydrogen-bond acceptors (Lipinski definition) is 8. The Kier molecular flexibility index (Phi) is 5.36.